The third-order valence-corrected chi connectivity index (χ3v) is 2.94. The lowest BCUT2D eigenvalue weighted by atomic mass is 9.89. The smallest absolute Gasteiger partial charge is 0.0835 e. The first-order valence-electron chi connectivity index (χ1n) is 5.26. The molecule has 15 heavy (non-hydrogen) atoms. The van der Waals surface area contributed by atoms with Crippen LogP contribution in [0.5, 0.6) is 0 Å². The van der Waals surface area contributed by atoms with E-state index in [9.17, 15) is 5.11 Å². The van der Waals surface area contributed by atoms with Gasteiger partial charge >= 0.3 is 0 Å². The van der Waals surface area contributed by atoms with Crippen LogP contribution in [-0.4, -0.2) is 18.3 Å². The average molecular weight is 204 g/mol. The molecular formula is C13H16O2. The molecule has 1 heterocycles. The highest BCUT2D eigenvalue weighted by atomic mass is 16.5. The SMILES string of the molecule is C=C1CO[C@@H](c2ccccc2)C[C@H]1CO. The third kappa shape index (κ3) is 2.28. The van der Waals surface area contributed by atoms with Crippen molar-refractivity contribution in [2.24, 2.45) is 5.92 Å². The summed E-state index contributed by atoms with van der Waals surface area (Å²) < 4.78 is 5.70. The highest BCUT2D eigenvalue weighted by molar-refractivity contribution is 5.20. The molecular weight excluding hydrogens is 188 g/mol. The van der Waals surface area contributed by atoms with Crippen LogP contribution in [0.1, 0.15) is 18.1 Å². The van der Waals surface area contributed by atoms with E-state index in [0.717, 1.165) is 12.0 Å². The zero-order valence-corrected chi connectivity index (χ0v) is 8.73. The number of hydrogen-bond acceptors (Lipinski definition) is 2. The summed E-state index contributed by atoms with van der Waals surface area (Å²) in [4.78, 5) is 0. The predicted octanol–water partition coefficient (Wildman–Crippen LogP) is 2.31. The van der Waals surface area contributed by atoms with Gasteiger partial charge in [-0.15, -0.1) is 0 Å². The van der Waals surface area contributed by atoms with E-state index < -0.39 is 0 Å². The molecule has 1 aliphatic heterocycles. The molecule has 2 atom stereocenters. The highest BCUT2D eigenvalue weighted by Gasteiger charge is 2.25. The topological polar surface area (TPSA) is 29.5 Å². The Labute approximate surface area is 90.2 Å². The van der Waals surface area contributed by atoms with E-state index in [4.69, 9.17) is 4.74 Å². The van der Waals surface area contributed by atoms with E-state index in [1.807, 2.05) is 18.2 Å². The summed E-state index contributed by atoms with van der Waals surface area (Å²) >= 11 is 0. The molecule has 1 saturated heterocycles. The van der Waals surface area contributed by atoms with Gasteiger partial charge in [0.15, 0.2) is 0 Å². The van der Waals surface area contributed by atoms with E-state index in [2.05, 4.69) is 18.7 Å². The molecule has 0 aromatic heterocycles. The molecule has 1 aromatic rings. The largest absolute Gasteiger partial charge is 0.396 e. The van der Waals surface area contributed by atoms with E-state index in [-0.39, 0.29) is 18.6 Å². The number of ether oxygens (including phenoxy) is 1. The minimum atomic E-state index is 0.105. The van der Waals surface area contributed by atoms with Crippen LogP contribution in [-0.2, 0) is 4.74 Å². The van der Waals surface area contributed by atoms with Crippen molar-refractivity contribution in [2.75, 3.05) is 13.2 Å². The van der Waals surface area contributed by atoms with Crippen molar-refractivity contribution < 1.29 is 9.84 Å². The fraction of sp³-hybridized carbons (Fsp3) is 0.385. The van der Waals surface area contributed by atoms with E-state index in [0.29, 0.717) is 6.61 Å². The first-order chi connectivity index (χ1) is 7.31. The van der Waals surface area contributed by atoms with Crippen LogP contribution in [0.15, 0.2) is 42.5 Å². The zero-order valence-electron chi connectivity index (χ0n) is 8.73. The van der Waals surface area contributed by atoms with Crippen molar-refractivity contribution in [3.8, 4) is 0 Å². The normalized spacial score (nSPS) is 26.6. The first kappa shape index (κ1) is 10.4. The van der Waals surface area contributed by atoms with Gasteiger partial charge in [-0.2, -0.15) is 0 Å². The molecule has 0 spiro atoms. The Hall–Kier alpha value is -1.12. The van der Waals surface area contributed by atoms with Gasteiger partial charge in [0.2, 0.25) is 0 Å². The van der Waals surface area contributed by atoms with Crippen LogP contribution < -0.4 is 0 Å². The third-order valence-electron chi connectivity index (χ3n) is 2.94. The minimum absolute atomic E-state index is 0.105. The van der Waals surface area contributed by atoms with E-state index in [1.165, 1.54) is 5.56 Å². The Morgan fingerprint density at radius 1 is 1.33 bits per heavy atom. The van der Waals surface area contributed by atoms with Gasteiger partial charge in [-0.05, 0) is 17.6 Å². The van der Waals surface area contributed by atoms with Crippen molar-refractivity contribution >= 4 is 0 Å². The van der Waals surface area contributed by atoms with Crippen LogP contribution in [0.25, 0.3) is 0 Å². The summed E-state index contributed by atoms with van der Waals surface area (Å²) in [6, 6.07) is 10.1. The van der Waals surface area contributed by atoms with Crippen molar-refractivity contribution in [2.45, 2.75) is 12.5 Å². The summed E-state index contributed by atoms with van der Waals surface area (Å²) in [5.74, 6) is 0.184. The molecule has 80 valence electrons. The molecule has 0 radical (unpaired) electrons. The van der Waals surface area contributed by atoms with Crippen LogP contribution in [0, 0.1) is 5.92 Å². The molecule has 0 unspecified atom stereocenters. The van der Waals surface area contributed by atoms with Crippen molar-refractivity contribution in [3.63, 3.8) is 0 Å². The predicted molar refractivity (Wildman–Crippen MR) is 59.5 cm³/mol. The van der Waals surface area contributed by atoms with Crippen LogP contribution in [0.4, 0.5) is 0 Å². The zero-order chi connectivity index (χ0) is 10.7. The summed E-state index contributed by atoms with van der Waals surface area (Å²) in [5, 5.41) is 9.21. The number of rotatable bonds is 2. The fourth-order valence-corrected chi connectivity index (χ4v) is 1.92. The van der Waals surface area contributed by atoms with Gasteiger partial charge in [-0.3, -0.25) is 0 Å². The van der Waals surface area contributed by atoms with Gasteiger partial charge in [-0.25, -0.2) is 0 Å². The number of hydrogen-bond donors (Lipinski definition) is 1. The molecule has 1 aliphatic rings. The fourth-order valence-electron chi connectivity index (χ4n) is 1.92. The summed E-state index contributed by atoms with van der Waals surface area (Å²) in [5.41, 5.74) is 2.19. The molecule has 0 bridgehead atoms. The van der Waals surface area contributed by atoms with Crippen LogP contribution in [0.3, 0.4) is 0 Å². The van der Waals surface area contributed by atoms with Gasteiger partial charge in [0.25, 0.3) is 0 Å². The summed E-state index contributed by atoms with van der Waals surface area (Å²) in [6.45, 7) is 4.64. The molecule has 1 aromatic carbocycles. The van der Waals surface area contributed by atoms with Crippen LogP contribution >= 0.6 is 0 Å². The molecule has 1 fully saturated rings. The standard InChI is InChI=1S/C13H16O2/c1-10-9-15-13(7-12(10)8-14)11-5-3-2-4-6-11/h2-6,12-14H,1,7-9H2/t12-,13+/m0/s1. The van der Waals surface area contributed by atoms with Crippen LogP contribution in [0.2, 0.25) is 0 Å². The van der Waals surface area contributed by atoms with E-state index in [1.54, 1.807) is 0 Å². The van der Waals surface area contributed by atoms with Gasteiger partial charge in [0, 0.05) is 12.5 Å². The molecule has 1 N–H and O–H groups in total. The summed E-state index contributed by atoms with van der Waals surface area (Å²) in [6.07, 6.45) is 0.938. The summed E-state index contributed by atoms with van der Waals surface area (Å²) in [7, 11) is 0. The monoisotopic (exact) mass is 204 g/mol. The van der Waals surface area contributed by atoms with E-state index >= 15 is 0 Å². The Morgan fingerprint density at radius 3 is 2.73 bits per heavy atom. The van der Waals surface area contributed by atoms with Crippen molar-refractivity contribution in [3.05, 3.63) is 48.0 Å². The minimum Gasteiger partial charge on any atom is -0.396 e. The van der Waals surface area contributed by atoms with Gasteiger partial charge in [0.1, 0.15) is 0 Å². The van der Waals surface area contributed by atoms with Crippen molar-refractivity contribution in [1.82, 2.24) is 0 Å². The van der Waals surface area contributed by atoms with Gasteiger partial charge in [0.05, 0.1) is 12.7 Å². The lowest BCUT2D eigenvalue weighted by molar-refractivity contribution is 0.0118. The lowest BCUT2D eigenvalue weighted by Crippen LogP contribution is -2.24. The molecule has 0 aliphatic carbocycles. The maximum absolute atomic E-state index is 9.21. The van der Waals surface area contributed by atoms with Gasteiger partial charge in [-0.1, -0.05) is 36.9 Å². The molecule has 0 amide bonds. The average Bonchev–Trinajstić information content (AvgIpc) is 2.31. The first-order valence-corrected chi connectivity index (χ1v) is 5.26. The van der Waals surface area contributed by atoms with Crippen molar-refractivity contribution in [1.29, 1.82) is 0 Å². The molecule has 2 rings (SSSR count). The second-order valence-corrected chi connectivity index (χ2v) is 3.98. The Balaban J connectivity index is 2.09. The molecule has 0 saturated carbocycles. The Bertz CT molecular complexity index is 332. The maximum Gasteiger partial charge on any atom is 0.0835 e. The molecule has 2 heteroatoms. The van der Waals surface area contributed by atoms with Gasteiger partial charge < -0.3 is 9.84 Å². The Kier molecular flexibility index (Phi) is 3.19. The second kappa shape index (κ2) is 4.60. The number of aliphatic hydroxyl groups excluding tert-OH is 1. The Morgan fingerprint density at radius 2 is 2.07 bits per heavy atom. The highest BCUT2D eigenvalue weighted by Crippen LogP contribution is 2.33. The molecule has 2 nitrogen and oxygen atoms in total. The number of aliphatic hydroxyl groups is 1. The quantitative estimate of drug-likeness (QED) is 0.749. The maximum atomic E-state index is 9.21. The lowest BCUT2D eigenvalue weighted by Gasteiger charge is -2.30. The number of benzene rings is 1. The second-order valence-electron chi connectivity index (χ2n) is 3.98.